The number of rotatable bonds is 3. The number of aryl methyl sites for hydroxylation is 1. The topological polar surface area (TPSA) is 132 Å². The standard InChI is InChI=1S/C29H36N6O5/c1-32-17-21-16-30-22(25(36)24(21)31-32)15-29(40)11-12-34(19-28(29)9-5-6-10-28)26(37)35-14-13-33(27(38)39)18-23(35)20-7-3-2-4-8-20/h2-4,7-8,16-17,22-23,40H,5-6,9-15,18-19H2,1H3,(H,38,39)/t22?,23-,29?/m0/s1. The van der Waals surface area contributed by atoms with Crippen LogP contribution in [-0.2, 0) is 7.05 Å². The molecule has 2 saturated heterocycles. The molecule has 0 bridgehead atoms. The van der Waals surface area contributed by atoms with E-state index in [1.807, 2.05) is 35.2 Å². The van der Waals surface area contributed by atoms with Gasteiger partial charge in [-0.3, -0.25) is 14.5 Å². The highest BCUT2D eigenvalue weighted by Crippen LogP contribution is 2.53. The van der Waals surface area contributed by atoms with E-state index in [1.54, 1.807) is 29.0 Å². The number of carboxylic acid groups (broad SMARTS) is 1. The van der Waals surface area contributed by atoms with Gasteiger partial charge in [-0.25, -0.2) is 9.59 Å². The molecule has 2 aromatic rings. The smallest absolute Gasteiger partial charge is 0.407 e. The van der Waals surface area contributed by atoms with E-state index in [0.29, 0.717) is 37.3 Å². The van der Waals surface area contributed by atoms with Crippen molar-refractivity contribution in [2.24, 2.45) is 17.5 Å². The Morgan fingerprint density at radius 1 is 1.05 bits per heavy atom. The largest absolute Gasteiger partial charge is 0.465 e. The minimum atomic E-state index is -1.13. The third kappa shape index (κ3) is 4.46. The Morgan fingerprint density at radius 2 is 1.80 bits per heavy atom. The number of aliphatic hydroxyl groups is 1. The van der Waals surface area contributed by atoms with E-state index in [9.17, 15) is 24.6 Å². The molecule has 1 saturated carbocycles. The van der Waals surface area contributed by atoms with Gasteiger partial charge in [-0.1, -0.05) is 43.2 Å². The fourth-order valence-corrected chi connectivity index (χ4v) is 7.32. The number of hydrogen-bond acceptors (Lipinski definition) is 6. The minimum absolute atomic E-state index is 0.128. The maximum atomic E-state index is 14.1. The summed E-state index contributed by atoms with van der Waals surface area (Å²) in [6.45, 7) is 1.53. The number of carbonyl (C=O) groups is 3. The normalized spacial score (nSPS) is 27.8. The van der Waals surface area contributed by atoms with Gasteiger partial charge >= 0.3 is 12.1 Å². The molecular weight excluding hydrogens is 512 g/mol. The zero-order valence-electron chi connectivity index (χ0n) is 22.8. The number of aromatic nitrogens is 2. The van der Waals surface area contributed by atoms with E-state index in [1.165, 1.54) is 4.90 Å². The van der Waals surface area contributed by atoms with Crippen molar-refractivity contribution in [1.82, 2.24) is 24.5 Å². The van der Waals surface area contributed by atoms with Crippen LogP contribution in [0.25, 0.3) is 0 Å². The molecule has 1 aliphatic carbocycles. The molecular formula is C29H36N6O5. The minimum Gasteiger partial charge on any atom is -0.465 e. The van der Waals surface area contributed by atoms with Gasteiger partial charge in [0.2, 0.25) is 5.78 Å². The number of hydrogen-bond donors (Lipinski definition) is 2. The molecule has 11 heteroatoms. The molecule has 3 amide bonds. The molecule has 1 spiro atoms. The number of piperazine rings is 1. The summed E-state index contributed by atoms with van der Waals surface area (Å²) in [5, 5.41) is 26.2. The first-order valence-corrected chi connectivity index (χ1v) is 14.1. The maximum absolute atomic E-state index is 14.1. The predicted octanol–water partition coefficient (Wildman–Crippen LogP) is 2.95. The van der Waals surface area contributed by atoms with Crippen molar-refractivity contribution < 1.29 is 24.6 Å². The second kappa shape index (κ2) is 10.0. The number of fused-ring (bicyclic) bond motifs is 1. The molecule has 1 aromatic carbocycles. The summed E-state index contributed by atoms with van der Waals surface area (Å²) >= 11 is 0. The Hall–Kier alpha value is -3.73. The Kier molecular flexibility index (Phi) is 6.64. The Balaban J connectivity index is 1.22. The molecule has 3 aliphatic heterocycles. The number of aliphatic imine (C=N–C) groups is 1. The third-order valence-corrected chi connectivity index (χ3v) is 9.51. The van der Waals surface area contributed by atoms with Gasteiger partial charge in [-0.15, -0.1) is 0 Å². The lowest BCUT2D eigenvalue weighted by molar-refractivity contribution is -0.133. The second-order valence-electron chi connectivity index (χ2n) is 11.8. The number of ketones is 1. The Bertz CT molecular complexity index is 1340. The highest BCUT2D eigenvalue weighted by Gasteiger charge is 2.57. The van der Waals surface area contributed by atoms with Gasteiger partial charge in [-0.05, 0) is 24.8 Å². The molecule has 3 fully saturated rings. The summed E-state index contributed by atoms with van der Waals surface area (Å²) in [5.74, 6) is -0.166. The quantitative estimate of drug-likeness (QED) is 0.606. The highest BCUT2D eigenvalue weighted by atomic mass is 16.4. The molecule has 6 rings (SSSR count). The van der Waals surface area contributed by atoms with E-state index in [4.69, 9.17) is 0 Å². The van der Waals surface area contributed by atoms with E-state index >= 15 is 0 Å². The summed E-state index contributed by atoms with van der Waals surface area (Å²) in [6.07, 6.45) is 6.51. The van der Waals surface area contributed by atoms with Gasteiger partial charge in [0.15, 0.2) is 0 Å². The first-order chi connectivity index (χ1) is 19.2. The lowest BCUT2D eigenvalue weighted by Gasteiger charge is -2.54. The lowest BCUT2D eigenvalue weighted by Crippen LogP contribution is -2.64. The van der Waals surface area contributed by atoms with Crippen molar-refractivity contribution in [3.05, 3.63) is 53.3 Å². The Labute approximate surface area is 233 Å². The van der Waals surface area contributed by atoms with Gasteiger partial charge in [-0.2, -0.15) is 5.10 Å². The van der Waals surface area contributed by atoms with E-state index in [0.717, 1.165) is 31.2 Å². The molecule has 3 atom stereocenters. The van der Waals surface area contributed by atoms with E-state index in [2.05, 4.69) is 10.1 Å². The molecule has 4 aliphatic rings. The first kappa shape index (κ1) is 26.5. The third-order valence-electron chi connectivity index (χ3n) is 9.51. The van der Waals surface area contributed by atoms with Crippen LogP contribution < -0.4 is 0 Å². The lowest BCUT2D eigenvalue weighted by atomic mass is 9.63. The number of Topliss-reactive ketones (excluding diaryl/α,β-unsaturated/α-hetero) is 1. The van der Waals surface area contributed by atoms with Crippen molar-refractivity contribution in [2.75, 3.05) is 32.7 Å². The van der Waals surface area contributed by atoms with Gasteiger partial charge in [0.1, 0.15) is 11.7 Å². The number of piperidine rings is 1. The summed E-state index contributed by atoms with van der Waals surface area (Å²) in [5.41, 5.74) is 0.333. The number of nitrogens with zero attached hydrogens (tertiary/aromatic N) is 6. The highest BCUT2D eigenvalue weighted by molar-refractivity contribution is 6.08. The van der Waals surface area contributed by atoms with Crippen LogP contribution in [0, 0.1) is 5.41 Å². The Morgan fingerprint density at radius 3 is 2.52 bits per heavy atom. The van der Waals surface area contributed by atoms with E-state index < -0.39 is 23.2 Å². The number of benzene rings is 1. The summed E-state index contributed by atoms with van der Waals surface area (Å²) in [7, 11) is 1.77. The van der Waals surface area contributed by atoms with Crippen molar-refractivity contribution >= 4 is 24.1 Å². The average molecular weight is 549 g/mol. The van der Waals surface area contributed by atoms with Crippen LogP contribution in [0.1, 0.15) is 66.2 Å². The zero-order chi connectivity index (χ0) is 28.1. The predicted molar refractivity (Wildman–Crippen MR) is 146 cm³/mol. The molecule has 11 nitrogen and oxygen atoms in total. The van der Waals surface area contributed by atoms with Crippen molar-refractivity contribution in [3.8, 4) is 0 Å². The molecule has 0 radical (unpaired) electrons. The molecule has 40 heavy (non-hydrogen) atoms. The van der Waals surface area contributed by atoms with Crippen LogP contribution >= 0.6 is 0 Å². The molecule has 2 unspecified atom stereocenters. The van der Waals surface area contributed by atoms with Gasteiger partial charge < -0.3 is 24.9 Å². The van der Waals surface area contributed by atoms with Gasteiger partial charge in [0, 0.05) is 69.6 Å². The van der Waals surface area contributed by atoms with Crippen LogP contribution in [0.4, 0.5) is 9.59 Å². The van der Waals surface area contributed by atoms with Gasteiger partial charge in [0.25, 0.3) is 0 Å². The van der Waals surface area contributed by atoms with Crippen LogP contribution in [0.2, 0.25) is 0 Å². The van der Waals surface area contributed by atoms with E-state index in [-0.39, 0.29) is 37.4 Å². The van der Waals surface area contributed by atoms with Crippen LogP contribution in [0.3, 0.4) is 0 Å². The SMILES string of the molecule is Cn1cc2c(n1)C(=O)C(CC1(O)CCN(C(=O)N3CCN(C(=O)O)C[C@H]3c3ccccc3)CC13CCCC3)N=C2. The molecule has 4 heterocycles. The number of amides is 3. The number of likely N-dealkylation sites (tertiary alicyclic amines) is 1. The second-order valence-corrected chi connectivity index (χ2v) is 11.8. The first-order valence-electron chi connectivity index (χ1n) is 14.1. The molecule has 212 valence electrons. The fraction of sp³-hybridized carbons (Fsp3) is 0.552. The van der Waals surface area contributed by atoms with Gasteiger partial charge in [0.05, 0.1) is 11.6 Å². The number of urea groups is 1. The zero-order valence-corrected chi connectivity index (χ0v) is 22.8. The fourth-order valence-electron chi connectivity index (χ4n) is 7.32. The van der Waals surface area contributed by atoms with Crippen LogP contribution in [0.15, 0.2) is 41.5 Å². The summed E-state index contributed by atoms with van der Waals surface area (Å²) < 4.78 is 1.60. The summed E-state index contributed by atoms with van der Waals surface area (Å²) in [6, 6.07) is 8.34. The monoisotopic (exact) mass is 548 g/mol. The molecule has 1 aromatic heterocycles. The summed E-state index contributed by atoms with van der Waals surface area (Å²) in [4.78, 5) is 48.6. The number of carbonyl (C=O) groups excluding carboxylic acids is 2. The van der Waals surface area contributed by atoms with Crippen molar-refractivity contribution in [2.45, 2.75) is 56.2 Å². The maximum Gasteiger partial charge on any atom is 0.407 e. The molecule has 2 N–H and O–H groups in total. The van der Waals surface area contributed by atoms with Crippen molar-refractivity contribution in [3.63, 3.8) is 0 Å². The average Bonchev–Trinajstić information content (AvgIpc) is 3.59. The van der Waals surface area contributed by atoms with Crippen LogP contribution in [-0.4, -0.2) is 103 Å². The van der Waals surface area contributed by atoms with Crippen molar-refractivity contribution in [1.29, 1.82) is 0 Å². The van der Waals surface area contributed by atoms with Crippen LogP contribution in [0.5, 0.6) is 0 Å².